The summed E-state index contributed by atoms with van der Waals surface area (Å²) in [4.78, 5) is 27.7. The molecule has 0 atom stereocenters. The molecule has 0 aliphatic carbocycles. The van der Waals surface area contributed by atoms with Crippen LogP contribution in [-0.2, 0) is 9.59 Å². The number of aryl methyl sites for hydroxylation is 1. The Kier molecular flexibility index (Phi) is 5.44. The lowest BCUT2D eigenvalue weighted by molar-refractivity contribution is -0.274. The SMILES string of the molecule is Cc1cccc(N2C(=O)C(Nc3cccc(OC(F)(F)F)c3)=C(c3ccccc3)C2=O)c1. The molecule has 3 aromatic carbocycles. The van der Waals surface area contributed by atoms with E-state index in [-0.39, 0.29) is 17.0 Å². The third-order valence-corrected chi connectivity index (χ3v) is 4.74. The van der Waals surface area contributed by atoms with Gasteiger partial charge in [0.1, 0.15) is 11.4 Å². The predicted octanol–water partition coefficient (Wildman–Crippen LogP) is 5.29. The monoisotopic (exact) mass is 438 g/mol. The number of rotatable bonds is 5. The van der Waals surface area contributed by atoms with Crippen LogP contribution < -0.4 is 15.0 Å². The van der Waals surface area contributed by atoms with Crippen LogP contribution in [0.15, 0.2) is 84.6 Å². The molecule has 1 heterocycles. The van der Waals surface area contributed by atoms with Gasteiger partial charge in [-0.25, -0.2) is 4.90 Å². The van der Waals surface area contributed by atoms with Crippen molar-refractivity contribution in [1.82, 2.24) is 0 Å². The second-order valence-corrected chi connectivity index (χ2v) is 7.10. The molecule has 0 saturated heterocycles. The number of halogens is 3. The van der Waals surface area contributed by atoms with Gasteiger partial charge in [-0.15, -0.1) is 13.2 Å². The van der Waals surface area contributed by atoms with Gasteiger partial charge in [-0.3, -0.25) is 9.59 Å². The Morgan fingerprint density at radius 2 is 1.56 bits per heavy atom. The Hall–Kier alpha value is -4.07. The number of ether oxygens (including phenoxy) is 1. The van der Waals surface area contributed by atoms with Crippen molar-refractivity contribution in [3.05, 3.63) is 95.7 Å². The number of carbonyl (C=O) groups excluding carboxylic acids is 2. The zero-order valence-corrected chi connectivity index (χ0v) is 16.8. The minimum Gasteiger partial charge on any atom is -0.406 e. The van der Waals surface area contributed by atoms with E-state index in [1.165, 1.54) is 12.1 Å². The zero-order valence-electron chi connectivity index (χ0n) is 16.8. The quantitative estimate of drug-likeness (QED) is 0.550. The van der Waals surface area contributed by atoms with Gasteiger partial charge >= 0.3 is 6.36 Å². The van der Waals surface area contributed by atoms with Gasteiger partial charge in [-0.05, 0) is 42.3 Å². The molecule has 0 bridgehead atoms. The lowest BCUT2D eigenvalue weighted by atomic mass is 10.0. The zero-order chi connectivity index (χ0) is 22.9. The molecular weight excluding hydrogens is 421 g/mol. The van der Waals surface area contributed by atoms with E-state index in [1.807, 2.05) is 13.0 Å². The first-order chi connectivity index (χ1) is 15.2. The number of nitrogens with one attached hydrogen (secondary N) is 1. The van der Waals surface area contributed by atoms with E-state index < -0.39 is 23.9 Å². The molecule has 0 aromatic heterocycles. The largest absolute Gasteiger partial charge is 0.573 e. The average molecular weight is 438 g/mol. The fourth-order valence-corrected chi connectivity index (χ4v) is 3.44. The molecule has 4 rings (SSSR count). The van der Waals surface area contributed by atoms with Gasteiger partial charge < -0.3 is 10.1 Å². The Labute approximate surface area is 181 Å². The molecule has 1 aliphatic heterocycles. The van der Waals surface area contributed by atoms with Crippen LogP contribution in [-0.4, -0.2) is 18.2 Å². The molecule has 2 amide bonds. The molecule has 0 fully saturated rings. The van der Waals surface area contributed by atoms with Crippen molar-refractivity contribution in [2.75, 3.05) is 10.2 Å². The number of amides is 2. The fourth-order valence-electron chi connectivity index (χ4n) is 3.44. The van der Waals surface area contributed by atoms with Gasteiger partial charge in [0.25, 0.3) is 11.8 Å². The van der Waals surface area contributed by atoms with Crippen molar-refractivity contribution in [1.29, 1.82) is 0 Å². The highest BCUT2D eigenvalue weighted by Gasteiger charge is 2.40. The number of benzene rings is 3. The normalized spacial score (nSPS) is 14.2. The molecule has 1 N–H and O–H groups in total. The summed E-state index contributed by atoms with van der Waals surface area (Å²) >= 11 is 0. The van der Waals surface area contributed by atoms with Crippen LogP contribution in [0.4, 0.5) is 24.5 Å². The van der Waals surface area contributed by atoms with Crippen LogP contribution in [0.3, 0.4) is 0 Å². The van der Waals surface area contributed by atoms with Crippen molar-refractivity contribution in [3.63, 3.8) is 0 Å². The topological polar surface area (TPSA) is 58.6 Å². The number of hydrogen-bond acceptors (Lipinski definition) is 4. The molecule has 8 heteroatoms. The first kappa shape index (κ1) is 21.2. The van der Waals surface area contributed by atoms with Crippen molar-refractivity contribution in [3.8, 4) is 5.75 Å². The summed E-state index contributed by atoms with van der Waals surface area (Å²) in [6.45, 7) is 1.84. The van der Waals surface area contributed by atoms with E-state index in [9.17, 15) is 22.8 Å². The molecule has 0 saturated carbocycles. The van der Waals surface area contributed by atoms with Crippen LogP contribution >= 0.6 is 0 Å². The number of hydrogen-bond donors (Lipinski definition) is 1. The summed E-state index contributed by atoms with van der Waals surface area (Å²) in [5.74, 6) is -1.59. The summed E-state index contributed by atoms with van der Waals surface area (Å²) in [5.41, 5.74) is 2.03. The van der Waals surface area contributed by atoms with Crippen molar-refractivity contribution in [2.24, 2.45) is 0 Å². The van der Waals surface area contributed by atoms with Gasteiger partial charge in [0.2, 0.25) is 0 Å². The smallest absolute Gasteiger partial charge is 0.406 e. The molecule has 32 heavy (non-hydrogen) atoms. The van der Waals surface area contributed by atoms with E-state index in [1.54, 1.807) is 48.5 Å². The maximum atomic E-state index is 13.3. The van der Waals surface area contributed by atoms with Gasteiger partial charge in [0.05, 0.1) is 11.3 Å². The highest BCUT2D eigenvalue weighted by molar-refractivity contribution is 6.46. The second-order valence-electron chi connectivity index (χ2n) is 7.10. The average Bonchev–Trinajstić information content (AvgIpc) is 2.97. The van der Waals surface area contributed by atoms with Gasteiger partial charge in [-0.1, -0.05) is 48.5 Å². The summed E-state index contributed by atoms with van der Waals surface area (Å²) in [6.07, 6.45) is -4.85. The summed E-state index contributed by atoms with van der Waals surface area (Å²) in [7, 11) is 0. The molecule has 0 unspecified atom stereocenters. The van der Waals surface area contributed by atoms with Crippen LogP contribution in [0, 0.1) is 6.92 Å². The molecular formula is C24H17F3N2O3. The van der Waals surface area contributed by atoms with E-state index >= 15 is 0 Å². The van der Waals surface area contributed by atoms with E-state index in [2.05, 4.69) is 10.1 Å². The van der Waals surface area contributed by atoms with Gasteiger partial charge in [-0.2, -0.15) is 0 Å². The predicted molar refractivity (Wildman–Crippen MR) is 114 cm³/mol. The third kappa shape index (κ3) is 4.34. The van der Waals surface area contributed by atoms with E-state index in [0.29, 0.717) is 11.3 Å². The number of imide groups is 1. The standard InChI is InChI=1S/C24H17F3N2O3/c1-15-7-5-11-18(13-15)29-22(30)20(16-8-3-2-4-9-16)21(23(29)31)28-17-10-6-12-19(14-17)32-24(25,26)27/h2-14,28H,1H3. The van der Waals surface area contributed by atoms with Crippen LogP contribution in [0.1, 0.15) is 11.1 Å². The molecule has 1 aliphatic rings. The molecule has 0 radical (unpaired) electrons. The van der Waals surface area contributed by atoms with Gasteiger partial charge in [0.15, 0.2) is 0 Å². The van der Waals surface area contributed by atoms with E-state index in [4.69, 9.17) is 0 Å². The number of anilines is 2. The van der Waals surface area contributed by atoms with Crippen LogP contribution in [0.25, 0.3) is 5.57 Å². The first-order valence-corrected chi connectivity index (χ1v) is 9.61. The molecule has 5 nitrogen and oxygen atoms in total. The lowest BCUT2D eigenvalue weighted by Crippen LogP contribution is -2.32. The van der Waals surface area contributed by atoms with Crippen molar-refractivity contribution < 1.29 is 27.5 Å². The van der Waals surface area contributed by atoms with Crippen molar-refractivity contribution >= 4 is 28.8 Å². The van der Waals surface area contributed by atoms with Gasteiger partial charge in [0, 0.05) is 11.8 Å². The van der Waals surface area contributed by atoms with Crippen molar-refractivity contribution in [2.45, 2.75) is 13.3 Å². The minimum absolute atomic E-state index is 0.0353. The first-order valence-electron chi connectivity index (χ1n) is 9.61. The number of carbonyl (C=O) groups is 2. The Morgan fingerprint density at radius 3 is 2.25 bits per heavy atom. The second kappa shape index (κ2) is 8.22. The highest BCUT2D eigenvalue weighted by Crippen LogP contribution is 2.34. The van der Waals surface area contributed by atoms with E-state index in [0.717, 1.165) is 22.6 Å². The Morgan fingerprint density at radius 1 is 0.844 bits per heavy atom. The van der Waals surface area contributed by atoms with Crippen LogP contribution in [0.5, 0.6) is 5.75 Å². The van der Waals surface area contributed by atoms with Crippen LogP contribution in [0.2, 0.25) is 0 Å². The summed E-state index contributed by atoms with van der Waals surface area (Å²) in [5, 5.41) is 2.83. The molecule has 162 valence electrons. The summed E-state index contributed by atoms with van der Waals surface area (Å²) < 4.78 is 41.7. The Bertz CT molecular complexity index is 1220. The Balaban J connectivity index is 1.76. The fraction of sp³-hybridized carbons (Fsp3) is 0.0833. The molecule has 0 spiro atoms. The third-order valence-electron chi connectivity index (χ3n) is 4.74. The summed E-state index contributed by atoms with van der Waals surface area (Å²) in [6, 6.07) is 20.6. The minimum atomic E-state index is -4.85. The maximum Gasteiger partial charge on any atom is 0.573 e. The number of alkyl halides is 3. The lowest BCUT2D eigenvalue weighted by Gasteiger charge is -2.16. The number of nitrogens with zero attached hydrogens (tertiary/aromatic N) is 1. The maximum absolute atomic E-state index is 13.3. The molecule has 3 aromatic rings. The highest BCUT2D eigenvalue weighted by atomic mass is 19.4.